The number of benzene rings is 16. The topological polar surface area (TPSA) is 89.1 Å². The maximum absolute atomic E-state index is 7.22. The zero-order valence-corrected chi connectivity index (χ0v) is 66.2. The predicted octanol–water partition coefficient (Wildman–Crippen LogP) is 20.7. The zero-order chi connectivity index (χ0) is 78.0. The lowest BCUT2D eigenvalue weighted by Gasteiger charge is -2.35. The van der Waals surface area contributed by atoms with Crippen molar-refractivity contribution < 1.29 is 8.83 Å². The van der Waals surface area contributed by atoms with Crippen molar-refractivity contribution in [2.45, 2.75) is 0 Å². The van der Waals surface area contributed by atoms with E-state index in [-0.39, 0.29) is 0 Å². The normalized spacial score (nSPS) is 12.4. The molecule has 9 heterocycles. The minimum Gasteiger partial charge on any atom is -0.456 e. The molecule has 0 aliphatic heterocycles. The number of rotatable bonds is 13. The van der Waals surface area contributed by atoms with Crippen LogP contribution in [0.15, 0.2) is 421 Å². The molecule has 16 aromatic carbocycles. The first-order chi connectivity index (χ1) is 59.0. The van der Waals surface area contributed by atoms with Crippen molar-refractivity contribution in [1.29, 1.82) is 0 Å². The largest absolute Gasteiger partial charge is 0.456 e. The molecule has 0 saturated heterocycles. The maximum Gasteiger partial charge on any atom is 0.221 e. The molecule has 25 aromatic rings. The van der Waals surface area contributed by atoms with Crippen LogP contribution in [0.1, 0.15) is 0 Å². The van der Waals surface area contributed by atoms with Gasteiger partial charge in [-0.1, -0.05) is 303 Å². The van der Waals surface area contributed by atoms with Crippen molar-refractivity contribution in [3.8, 4) is 34.4 Å². The highest BCUT2D eigenvalue weighted by Gasteiger charge is 2.46. The Morgan fingerprint density at radius 2 is 0.580 bits per heavy atom. The summed E-state index contributed by atoms with van der Waals surface area (Å²) in [6, 6.07) is 151. The minimum atomic E-state index is -3.51. The molecular weight excluding hydrogens is 1490 g/mol. The smallest absolute Gasteiger partial charge is 0.221 e. The molecular formula is C107H68N8O2Si2. The zero-order valence-electron chi connectivity index (χ0n) is 64.2. The van der Waals surface area contributed by atoms with E-state index in [9.17, 15) is 0 Å². The molecule has 0 amide bonds. The van der Waals surface area contributed by atoms with Crippen LogP contribution in [0, 0.1) is 0 Å². The van der Waals surface area contributed by atoms with E-state index in [0.717, 1.165) is 171 Å². The summed E-state index contributed by atoms with van der Waals surface area (Å²) in [5.74, 6) is 3.92. The van der Waals surface area contributed by atoms with Gasteiger partial charge in [0.05, 0.1) is 55.2 Å². The van der Waals surface area contributed by atoms with E-state index in [0.29, 0.717) is 0 Å². The molecule has 0 fully saturated rings. The Bertz CT molecular complexity index is 8280. The van der Waals surface area contributed by atoms with Gasteiger partial charge < -0.3 is 8.83 Å². The Kier molecular flexibility index (Phi) is 14.6. The van der Waals surface area contributed by atoms with Crippen LogP contribution >= 0.6 is 0 Å². The third-order valence-corrected chi connectivity index (χ3v) is 34.7. The van der Waals surface area contributed by atoms with E-state index in [2.05, 4.69) is 435 Å². The Hall–Kier alpha value is -15.5. The number of pyridine rings is 2. The fraction of sp³-hybridized carbons (Fsp3) is 0. The summed E-state index contributed by atoms with van der Waals surface area (Å²) in [7, 11) is -6.88. The number of hydrogen-bond acceptors (Lipinski definition) is 5. The third kappa shape index (κ3) is 9.78. The van der Waals surface area contributed by atoms with E-state index in [1.807, 2.05) is 0 Å². The van der Waals surface area contributed by atoms with Gasteiger partial charge in [-0.15, -0.1) is 0 Å². The van der Waals surface area contributed by atoms with Crippen LogP contribution < -0.4 is 41.5 Å². The number of aromatic nitrogens is 8. The van der Waals surface area contributed by atoms with Gasteiger partial charge in [-0.25, -0.2) is 15.0 Å². The van der Waals surface area contributed by atoms with Crippen LogP contribution in [0.3, 0.4) is 0 Å². The fourth-order valence-electron chi connectivity index (χ4n) is 20.2. The van der Waals surface area contributed by atoms with Gasteiger partial charge in [-0.05, 0) is 162 Å². The Morgan fingerprint density at radius 1 is 0.202 bits per heavy atom. The molecule has 12 heteroatoms. The summed E-state index contributed by atoms with van der Waals surface area (Å²) in [5.41, 5.74) is 15.8. The number of hydrogen-bond donors (Lipinski definition) is 0. The van der Waals surface area contributed by atoms with E-state index >= 15 is 0 Å². The van der Waals surface area contributed by atoms with Crippen molar-refractivity contribution in [2.24, 2.45) is 0 Å². The van der Waals surface area contributed by atoms with Crippen molar-refractivity contribution >= 4 is 195 Å². The molecule has 0 bridgehead atoms. The molecule has 556 valence electrons. The molecule has 119 heavy (non-hydrogen) atoms. The highest BCUT2D eigenvalue weighted by Crippen LogP contribution is 2.41. The standard InChI is InChI=1S/C107H68N8O2Si2/c1-5-30-71(31-6-1)118(72-32-7-2-8-33-72,75-58-61-100-87(64-75)84-44-19-27-53-98(84)116-100)76-65-102(111-89-46-20-13-38-78(89)79-39-14-21-47-90(79)111)109-103(66-76)113-93-50-24-17-42-82(93)86-62-69(57-60-94(86)113)70-56-59-88-97(63-70)114-95-51-25-26-52-96(95)115(107(114)108-88)105-68-77(67-104(110-105)112-91-48-22-15-40-80(91)81-41-16-23-49-92(81)112)119(73-34-9-3-10-35-73,74-36-11-4-12-37-74)101-55-29-45-85-83-43-18-28-54-99(83)117-106(85)101/h1-68H. The molecule has 0 saturated carbocycles. The van der Waals surface area contributed by atoms with Gasteiger partial charge in [0.2, 0.25) is 5.78 Å². The first-order valence-corrected chi connectivity index (χ1v) is 44.5. The Morgan fingerprint density at radius 3 is 1.10 bits per heavy atom. The molecule has 0 spiro atoms. The molecule has 0 atom stereocenters. The molecule has 25 rings (SSSR count). The predicted molar refractivity (Wildman–Crippen MR) is 495 cm³/mol. The second kappa shape index (κ2) is 26.0. The van der Waals surface area contributed by atoms with E-state index in [1.165, 1.54) is 41.9 Å². The minimum absolute atomic E-state index is 0.739. The lowest BCUT2D eigenvalue weighted by atomic mass is 10.0. The lowest BCUT2D eigenvalue weighted by Crippen LogP contribution is -2.75. The van der Waals surface area contributed by atoms with E-state index < -0.39 is 16.1 Å². The molecule has 9 aromatic heterocycles. The maximum atomic E-state index is 7.22. The Labute approximate surface area is 683 Å². The third-order valence-electron chi connectivity index (χ3n) is 25.2. The summed E-state index contributed by atoms with van der Waals surface area (Å²) in [6.07, 6.45) is 0. The van der Waals surface area contributed by atoms with Gasteiger partial charge in [0.25, 0.3) is 0 Å². The van der Waals surface area contributed by atoms with Gasteiger partial charge in [-0.2, -0.15) is 0 Å². The average Bonchev–Trinajstić information content (AvgIpc) is 1.65. The van der Waals surface area contributed by atoms with Gasteiger partial charge in [0.1, 0.15) is 45.6 Å². The molecule has 0 aliphatic rings. The van der Waals surface area contributed by atoms with Crippen LogP contribution in [0.5, 0.6) is 0 Å². The summed E-state index contributed by atoms with van der Waals surface area (Å²) in [5, 5.41) is 20.8. The van der Waals surface area contributed by atoms with Crippen molar-refractivity contribution in [2.75, 3.05) is 0 Å². The molecule has 0 unspecified atom stereocenters. The van der Waals surface area contributed by atoms with Crippen LogP contribution in [0.25, 0.3) is 172 Å². The van der Waals surface area contributed by atoms with Crippen molar-refractivity contribution in [1.82, 2.24) is 37.6 Å². The fourth-order valence-corrected chi connectivity index (χ4v) is 29.8. The van der Waals surface area contributed by atoms with E-state index in [4.69, 9.17) is 23.8 Å². The highest BCUT2D eigenvalue weighted by atomic mass is 28.3. The molecule has 0 radical (unpaired) electrons. The van der Waals surface area contributed by atoms with Gasteiger partial charge in [0, 0.05) is 53.9 Å². The van der Waals surface area contributed by atoms with Crippen LogP contribution in [-0.2, 0) is 0 Å². The second-order valence-corrected chi connectivity index (χ2v) is 38.9. The summed E-state index contributed by atoms with van der Waals surface area (Å²) >= 11 is 0. The number of fused-ring (bicyclic) bond motifs is 20. The lowest BCUT2D eigenvalue weighted by molar-refractivity contribution is 0.669. The first-order valence-electron chi connectivity index (χ1n) is 40.5. The molecule has 0 N–H and O–H groups in total. The second-order valence-electron chi connectivity index (χ2n) is 31.3. The summed E-state index contributed by atoms with van der Waals surface area (Å²) in [4.78, 5) is 17.8. The number of furan rings is 2. The molecule has 10 nitrogen and oxygen atoms in total. The van der Waals surface area contributed by atoms with Crippen LogP contribution in [0.4, 0.5) is 0 Å². The average molecular weight is 1550 g/mol. The quantitative estimate of drug-likeness (QED) is 0.0848. The van der Waals surface area contributed by atoms with Gasteiger partial charge in [-0.3, -0.25) is 22.7 Å². The number of nitrogens with zero attached hydrogens (tertiary/aromatic N) is 8. The van der Waals surface area contributed by atoms with E-state index in [1.54, 1.807) is 0 Å². The van der Waals surface area contributed by atoms with Crippen molar-refractivity contribution in [3.63, 3.8) is 0 Å². The summed E-state index contributed by atoms with van der Waals surface area (Å²) < 4.78 is 25.7. The monoisotopic (exact) mass is 1550 g/mol. The SMILES string of the molecule is c1ccc([Si](c2ccccc2)(c2cc(-n3c4ccccc4c4ccccc43)nc(-n3c4ccccc4c4cc(-c5ccc6nc7n(-c8cc([Si](c9ccccc9)(c9ccccc9)c9cccc%10c9oc9ccccc9%10)cc(-n9c%10ccccc%10c%10ccccc%109)n8)c8ccccc8n7c6c5)ccc43)c2)c2ccc3oc4ccccc4c3c2)cc1. The summed E-state index contributed by atoms with van der Waals surface area (Å²) in [6.45, 7) is 0. The van der Waals surface area contributed by atoms with Crippen LogP contribution in [-0.4, -0.2) is 53.8 Å². The molecule has 0 aliphatic carbocycles. The van der Waals surface area contributed by atoms with Gasteiger partial charge >= 0.3 is 0 Å². The first kappa shape index (κ1) is 66.9. The van der Waals surface area contributed by atoms with Crippen LogP contribution in [0.2, 0.25) is 0 Å². The van der Waals surface area contributed by atoms with Gasteiger partial charge in [0.15, 0.2) is 16.1 Å². The number of para-hydroxylation sites is 10. The Balaban J connectivity index is 0.710. The van der Waals surface area contributed by atoms with Crippen molar-refractivity contribution in [3.05, 3.63) is 413 Å². The highest BCUT2D eigenvalue weighted by molar-refractivity contribution is 7.21. The number of imidazole rings is 2.